The Balaban J connectivity index is 1.91. The maximum absolute atomic E-state index is 12.9. The summed E-state index contributed by atoms with van der Waals surface area (Å²) in [6.07, 6.45) is 2.21. The molecule has 0 unspecified atom stereocenters. The lowest BCUT2D eigenvalue weighted by Crippen LogP contribution is -2.18. The van der Waals surface area contributed by atoms with Crippen molar-refractivity contribution in [1.82, 2.24) is 0 Å². The molecule has 1 heterocycles. The molecular formula is C21H23N4O2S+. The van der Waals surface area contributed by atoms with Crippen molar-refractivity contribution in [3.63, 3.8) is 0 Å². The predicted octanol–water partition coefficient (Wildman–Crippen LogP) is 5.40. The lowest BCUT2D eigenvalue weighted by Gasteiger charge is -2.11. The molecule has 0 aliphatic carbocycles. The predicted molar refractivity (Wildman–Crippen MR) is 114 cm³/mol. The number of hydrogen-bond donors (Lipinski definition) is 2. The smallest absolute Gasteiger partial charge is 0.341 e. The van der Waals surface area contributed by atoms with E-state index in [1.165, 1.54) is 0 Å². The summed E-state index contributed by atoms with van der Waals surface area (Å²) in [4.78, 5) is 26.7. The van der Waals surface area contributed by atoms with Crippen molar-refractivity contribution in [1.29, 1.82) is 0 Å². The zero-order valence-electron chi connectivity index (χ0n) is 15.9. The molecule has 0 radical (unpaired) electrons. The molecule has 0 saturated heterocycles. The fourth-order valence-electron chi connectivity index (χ4n) is 2.86. The van der Waals surface area contributed by atoms with Gasteiger partial charge in [-0.3, -0.25) is 0 Å². The SMILES string of the molecule is CCCCNc1ccc(C(=O)Nc2[nH+]c(C)c(N=O)s2)c(-c2ccccc2)c1. The molecule has 3 rings (SSSR count). The number of hydrogen-bond acceptors (Lipinski definition) is 5. The van der Waals surface area contributed by atoms with Crippen LogP contribution in [0.4, 0.5) is 15.8 Å². The standard InChI is InChI=1S/C21H22N4O2S/c1-3-4-12-22-16-10-11-17(18(13-16)15-8-6-5-7-9-15)19(26)24-21-23-14(2)20(25-27)28-21/h5-11,13,22H,3-4,12H2,1-2H3,(H,23,24,26)/p+1. The second-order valence-electron chi connectivity index (χ2n) is 6.44. The Morgan fingerprint density at radius 3 is 2.64 bits per heavy atom. The van der Waals surface area contributed by atoms with Gasteiger partial charge >= 0.3 is 11.0 Å². The summed E-state index contributed by atoms with van der Waals surface area (Å²) in [5.41, 5.74) is 3.99. The van der Waals surface area contributed by atoms with Crippen LogP contribution in [0.25, 0.3) is 11.1 Å². The van der Waals surface area contributed by atoms with Crippen molar-refractivity contribution in [2.45, 2.75) is 26.7 Å². The summed E-state index contributed by atoms with van der Waals surface area (Å²) in [7, 11) is 0. The number of aromatic nitrogens is 1. The quantitative estimate of drug-likeness (QED) is 0.395. The molecule has 0 atom stereocenters. The molecule has 28 heavy (non-hydrogen) atoms. The number of nitroso groups, excluding NO2 is 1. The van der Waals surface area contributed by atoms with Gasteiger partial charge in [-0.2, -0.15) is 5.32 Å². The van der Waals surface area contributed by atoms with Crippen LogP contribution >= 0.6 is 11.3 Å². The Morgan fingerprint density at radius 1 is 1.18 bits per heavy atom. The van der Waals surface area contributed by atoms with E-state index >= 15 is 0 Å². The van der Waals surface area contributed by atoms with Gasteiger partial charge in [-0.05, 0) is 52.3 Å². The Kier molecular flexibility index (Phi) is 6.49. The van der Waals surface area contributed by atoms with Crippen molar-refractivity contribution in [3.05, 3.63) is 64.7 Å². The van der Waals surface area contributed by atoms with E-state index in [0.717, 1.165) is 47.5 Å². The average molecular weight is 396 g/mol. The average Bonchev–Trinajstić information content (AvgIpc) is 3.07. The lowest BCUT2D eigenvalue weighted by atomic mass is 9.98. The molecule has 144 valence electrons. The van der Waals surface area contributed by atoms with Gasteiger partial charge in [-0.25, -0.2) is 9.78 Å². The molecule has 0 bridgehead atoms. The molecular weight excluding hydrogens is 372 g/mol. The van der Waals surface area contributed by atoms with Gasteiger partial charge in [0.2, 0.25) is 5.00 Å². The second kappa shape index (κ2) is 9.23. The van der Waals surface area contributed by atoms with E-state index in [4.69, 9.17) is 0 Å². The zero-order chi connectivity index (χ0) is 19.9. The summed E-state index contributed by atoms with van der Waals surface area (Å²) >= 11 is 1.12. The van der Waals surface area contributed by atoms with E-state index in [9.17, 15) is 9.70 Å². The molecule has 2 aromatic carbocycles. The fourth-order valence-corrected chi connectivity index (χ4v) is 3.64. The van der Waals surface area contributed by atoms with Gasteiger partial charge in [0.1, 0.15) is 5.69 Å². The van der Waals surface area contributed by atoms with Gasteiger partial charge < -0.3 is 5.32 Å². The van der Waals surface area contributed by atoms with Crippen LogP contribution in [0.3, 0.4) is 0 Å². The van der Waals surface area contributed by atoms with Gasteiger partial charge in [0.05, 0.1) is 5.56 Å². The van der Waals surface area contributed by atoms with Crippen molar-refractivity contribution in [3.8, 4) is 11.1 Å². The molecule has 0 aliphatic heterocycles. The Bertz CT molecular complexity index is 970. The minimum Gasteiger partial charge on any atom is -0.385 e. The van der Waals surface area contributed by atoms with Gasteiger partial charge in [-0.15, -0.1) is 4.91 Å². The minimum absolute atomic E-state index is 0.242. The van der Waals surface area contributed by atoms with Gasteiger partial charge in [0.25, 0.3) is 0 Å². The number of nitrogens with one attached hydrogen (secondary N) is 3. The third-order valence-electron chi connectivity index (χ3n) is 4.34. The maximum Gasteiger partial charge on any atom is 0.341 e. The number of unbranched alkanes of at least 4 members (excludes halogenated alkanes) is 1. The van der Waals surface area contributed by atoms with Crippen LogP contribution in [-0.2, 0) is 0 Å². The first-order chi connectivity index (χ1) is 13.6. The van der Waals surface area contributed by atoms with Crippen LogP contribution in [0.2, 0.25) is 0 Å². The van der Waals surface area contributed by atoms with Crippen molar-refractivity contribution >= 4 is 33.1 Å². The number of thiazole rings is 1. The molecule has 0 fully saturated rings. The Morgan fingerprint density at radius 2 is 1.96 bits per heavy atom. The number of carbonyl (C=O) groups is 1. The molecule has 7 heteroatoms. The van der Waals surface area contributed by atoms with E-state index in [-0.39, 0.29) is 5.91 Å². The molecule has 0 aliphatic rings. The summed E-state index contributed by atoms with van der Waals surface area (Å²) in [6, 6.07) is 15.6. The van der Waals surface area contributed by atoms with Crippen molar-refractivity contribution < 1.29 is 9.78 Å². The molecule has 6 nitrogen and oxygen atoms in total. The highest BCUT2D eigenvalue weighted by atomic mass is 32.1. The number of nitrogens with zero attached hydrogens (tertiary/aromatic N) is 1. The fraction of sp³-hybridized carbons (Fsp3) is 0.238. The molecule has 1 aromatic heterocycles. The number of amides is 1. The van der Waals surface area contributed by atoms with E-state index in [0.29, 0.717) is 21.4 Å². The highest BCUT2D eigenvalue weighted by Crippen LogP contribution is 2.30. The number of anilines is 2. The number of H-pyrrole nitrogens is 1. The van der Waals surface area contributed by atoms with Crippen LogP contribution in [0.1, 0.15) is 35.8 Å². The first kappa shape index (κ1) is 19.7. The van der Waals surface area contributed by atoms with Crippen molar-refractivity contribution in [2.24, 2.45) is 5.18 Å². The topological polar surface area (TPSA) is 84.7 Å². The van der Waals surface area contributed by atoms with Gasteiger partial charge in [-0.1, -0.05) is 43.7 Å². The molecule has 1 amide bonds. The summed E-state index contributed by atoms with van der Waals surface area (Å²) in [6.45, 7) is 4.79. The van der Waals surface area contributed by atoms with Crippen LogP contribution in [0, 0.1) is 11.8 Å². The highest BCUT2D eigenvalue weighted by molar-refractivity contribution is 7.19. The molecule has 3 N–H and O–H groups in total. The summed E-state index contributed by atoms with van der Waals surface area (Å²) in [5, 5.41) is 10.0. The normalized spacial score (nSPS) is 10.5. The first-order valence-electron chi connectivity index (χ1n) is 9.23. The van der Waals surface area contributed by atoms with E-state index in [1.807, 2.05) is 48.5 Å². The van der Waals surface area contributed by atoms with Crippen molar-refractivity contribution in [2.75, 3.05) is 17.2 Å². The minimum atomic E-state index is -0.242. The Labute approximate surface area is 168 Å². The third-order valence-corrected chi connectivity index (χ3v) is 5.32. The maximum atomic E-state index is 12.9. The summed E-state index contributed by atoms with van der Waals surface area (Å²) < 4.78 is 0. The van der Waals surface area contributed by atoms with Crippen LogP contribution in [-0.4, -0.2) is 12.5 Å². The number of rotatable bonds is 8. The third kappa shape index (κ3) is 4.61. The molecule has 3 aromatic rings. The lowest BCUT2D eigenvalue weighted by molar-refractivity contribution is -0.363. The van der Waals surface area contributed by atoms with Gasteiger partial charge in [0.15, 0.2) is 0 Å². The van der Waals surface area contributed by atoms with Gasteiger partial charge in [0, 0.05) is 19.2 Å². The largest absolute Gasteiger partial charge is 0.385 e. The monoisotopic (exact) mass is 395 g/mol. The highest BCUT2D eigenvalue weighted by Gasteiger charge is 2.21. The number of benzene rings is 2. The number of aryl methyl sites for hydroxylation is 1. The van der Waals surface area contributed by atoms with Crippen LogP contribution in [0.5, 0.6) is 0 Å². The van der Waals surface area contributed by atoms with Crippen LogP contribution in [0.15, 0.2) is 53.7 Å². The van der Waals surface area contributed by atoms with Crippen LogP contribution < -0.4 is 15.6 Å². The zero-order valence-corrected chi connectivity index (χ0v) is 16.7. The molecule has 0 spiro atoms. The number of carbonyl (C=O) groups excluding carboxylic acids is 1. The first-order valence-corrected chi connectivity index (χ1v) is 10.0. The second-order valence-corrected chi connectivity index (χ2v) is 7.44. The van der Waals surface area contributed by atoms with E-state index in [1.54, 1.807) is 6.92 Å². The summed E-state index contributed by atoms with van der Waals surface area (Å²) in [5.74, 6) is -0.242. The number of aromatic amines is 1. The van der Waals surface area contributed by atoms with E-state index < -0.39 is 0 Å². The molecule has 0 saturated carbocycles. The van der Waals surface area contributed by atoms with E-state index in [2.05, 4.69) is 27.7 Å². The Hall–Kier alpha value is -3.06.